The fraction of sp³-hybridized carbons (Fsp3) is 0.400. The summed E-state index contributed by atoms with van der Waals surface area (Å²) in [5.74, 6) is 0. The Kier molecular flexibility index (Phi) is 2.79. The van der Waals surface area contributed by atoms with Gasteiger partial charge in [0.15, 0.2) is 0 Å². The molecular weight excluding hydrogens is 216 g/mol. The van der Waals surface area contributed by atoms with Gasteiger partial charge in [-0.15, -0.1) is 11.3 Å². The van der Waals surface area contributed by atoms with Crippen LogP contribution in [0.4, 0.5) is 0 Å². The molecule has 10 heavy (non-hydrogen) atoms. The fourth-order valence-corrected chi connectivity index (χ4v) is 1.75. The maximum atomic E-state index is 8.62. The van der Waals surface area contributed by atoms with E-state index < -0.39 is 0 Å². The highest BCUT2D eigenvalue weighted by Crippen LogP contribution is 2.22. The molecule has 1 aromatic heterocycles. The third-order valence-electron chi connectivity index (χ3n) is 1.01. The zero-order valence-corrected chi connectivity index (χ0v) is 7.52. The Morgan fingerprint density at radius 2 is 2.60 bits per heavy atom. The second-order valence-corrected chi connectivity index (χ2v) is 4.23. The predicted molar refractivity (Wildman–Crippen MR) is 43.8 cm³/mol. The Balaban J connectivity index is 2.74. The highest BCUT2D eigenvalue weighted by Gasteiger charge is 2.07. The van der Waals surface area contributed by atoms with Crippen LogP contribution in [0.5, 0.6) is 0 Å². The molecule has 0 aromatic carbocycles. The number of halogens is 1. The molecule has 0 bridgehead atoms. The van der Waals surface area contributed by atoms with Crippen molar-refractivity contribution in [2.45, 2.75) is 6.04 Å². The van der Waals surface area contributed by atoms with E-state index in [0.29, 0.717) is 0 Å². The quantitative estimate of drug-likeness (QED) is 0.782. The molecule has 0 fully saturated rings. The number of aliphatic hydroxyl groups is 1. The lowest BCUT2D eigenvalue weighted by Crippen LogP contribution is -2.13. The van der Waals surface area contributed by atoms with Crippen LogP contribution < -0.4 is 5.73 Å². The first kappa shape index (κ1) is 8.13. The Labute approximate surface area is 71.0 Å². The SMILES string of the molecule is NC(CO)c1ncc(Br)s1. The summed E-state index contributed by atoms with van der Waals surface area (Å²) in [5.41, 5.74) is 5.48. The Morgan fingerprint density at radius 3 is 3.00 bits per heavy atom. The molecule has 0 amide bonds. The normalized spacial score (nSPS) is 13.5. The van der Waals surface area contributed by atoms with Gasteiger partial charge < -0.3 is 10.8 Å². The number of aromatic nitrogens is 1. The molecule has 0 aliphatic rings. The molecular formula is C5H7BrN2OS. The van der Waals surface area contributed by atoms with Crippen LogP contribution in [0, 0.1) is 0 Å². The summed E-state index contributed by atoms with van der Waals surface area (Å²) in [6.45, 7) is -0.0556. The summed E-state index contributed by atoms with van der Waals surface area (Å²) in [5, 5.41) is 9.38. The van der Waals surface area contributed by atoms with Crippen LogP contribution in [0.3, 0.4) is 0 Å². The number of hydrogen-bond donors (Lipinski definition) is 2. The topological polar surface area (TPSA) is 59.1 Å². The van der Waals surface area contributed by atoms with Gasteiger partial charge in [-0.1, -0.05) is 0 Å². The van der Waals surface area contributed by atoms with Crippen LogP contribution in [0.2, 0.25) is 0 Å². The molecule has 1 rings (SSSR count). The van der Waals surface area contributed by atoms with Crippen LogP contribution in [-0.4, -0.2) is 16.7 Å². The number of hydrogen-bond acceptors (Lipinski definition) is 4. The van der Waals surface area contributed by atoms with Crippen LogP contribution >= 0.6 is 27.3 Å². The van der Waals surface area contributed by atoms with Crippen molar-refractivity contribution >= 4 is 27.3 Å². The molecule has 1 heterocycles. The van der Waals surface area contributed by atoms with E-state index in [1.165, 1.54) is 11.3 Å². The lowest BCUT2D eigenvalue weighted by molar-refractivity contribution is 0.267. The first-order valence-corrected chi connectivity index (χ1v) is 4.32. The van der Waals surface area contributed by atoms with E-state index in [1.54, 1.807) is 6.20 Å². The van der Waals surface area contributed by atoms with Gasteiger partial charge in [-0.2, -0.15) is 0 Å². The van der Waals surface area contributed by atoms with Crippen molar-refractivity contribution in [1.82, 2.24) is 4.98 Å². The van der Waals surface area contributed by atoms with E-state index in [1.807, 2.05) is 0 Å². The van der Waals surface area contributed by atoms with E-state index in [2.05, 4.69) is 20.9 Å². The Bertz CT molecular complexity index is 215. The Hall–Kier alpha value is 0.0300. The van der Waals surface area contributed by atoms with Gasteiger partial charge >= 0.3 is 0 Å². The van der Waals surface area contributed by atoms with E-state index in [9.17, 15) is 0 Å². The fourth-order valence-electron chi connectivity index (χ4n) is 0.516. The van der Waals surface area contributed by atoms with Crippen molar-refractivity contribution in [3.8, 4) is 0 Å². The summed E-state index contributed by atoms with van der Waals surface area (Å²) >= 11 is 4.69. The maximum Gasteiger partial charge on any atom is 0.113 e. The smallest absolute Gasteiger partial charge is 0.113 e. The minimum atomic E-state index is -0.337. The molecule has 0 saturated carbocycles. The third kappa shape index (κ3) is 1.76. The molecule has 56 valence electrons. The van der Waals surface area contributed by atoms with Gasteiger partial charge in [-0.05, 0) is 15.9 Å². The number of aliphatic hydroxyl groups excluding tert-OH is 1. The molecule has 1 unspecified atom stereocenters. The highest BCUT2D eigenvalue weighted by atomic mass is 79.9. The number of rotatable bonds is 2. The van der Waals surface area contributed by atoms with Gasteiger partial charge in [0, 0.05) is 0 Å². The van der Waals surface area contributed by atoms with Crippen molar-refractivity contribution < 1.29 is 5.11 Å². The Morgan fingerprint density at radius 1 is 1.90 bits per heavy atom. The molecule has 1 atom stereocenters. The number of nitrogens with zero attached hydrogens (tertiary/aromatic N) is 1. The minimum Gasteiger partial charge on any atom is -0.394 e. The first-order chi connectivity index (χ1) is 4.74. The van der Waals surface area contributed by atoms with Crippen molar-refractivity contribution in [2.24, 2.45) is 5.73 Å². The monoisotopic (exact) mass is 222 g/mol. The third-order valence-corrected chi connectivity index (χ3v) is 2.62. The molecule has 3 nitrogen and oxygen atoms in total. The zero-order chi connectivity index (χ0) is 7.56. The molecule has 5 heteroatoms. The van der Waals surface area contributed by atoms with Crippen LogP contribution in [-0.2, 0) is 0 Å². The summed E-state index contributed by atoms with van der Waals surface area (Å²) in [7, 11) is 0. The average Bonchev–Trinajstić information content (AvgIpc) is 2.34. The lowest BCUT2D eigenvalue weighted by Gasteiger charge is -2.00. The van der Waals surface area contributed by atoms with E-state index in [0.717, 1.165) is 8.79 Å². The predicted octanol–water partition coefficient (Wildman–Crippen LogP) is 0.898. The lowest BCUT2D eigenvalue weighted by atomic mass is 10.4. The molecule has 0 aliphatic carbocycles. The minimum absolute atomic E-state index is 0.0556. The van der Waals surface area contributed by atoms with Gasteiger partial charge in [0.25, 0.3) is 0 Å². The van der Waals surface area contributed by atoms with Gasteiger partial charge in [-0.3, -0.25) is 0 Å². The summed E-state index contributed by atoms with van der Waals surface area (Å²) in [6, 6.07) is -0.337. The van der Waals surface area contributed by atoms with Crippen LogP contribution in [0.1, 0.15) is 11.0 Å². The van der Waals surface area contributed by atoms with E-state index >= 15 is 0 Å². The van der Waals surface area contributed by atoms with Crippen LogP contribution in [0.15, 0.2) is 9.98 Å². The molecule has 3 N–H and O–H groups in total. The number of nitrogens with two attached hydrogens (primary N) is 1. The summed E-state index contributed by atoms with van der Waals surface area (Å²) in [4.78, 5) is 3.97. The van der Waals surface area contributed by atoms with Gasteiger partial charge in [0.05, 0.1) is 22.6 Å². The summed E-state index contributed by atoms with van der Waals surface area (Å²) < 4.78 is 0.936. The molecule has 0 spiro atoms. The molecule has 0 saturated heterocycles. The van der Waals surface area contributed by atoms with E-state index in [-0.39, 0.29) is 12.6 Å². The second kappa shape index (κ2) is 3.43. The summed E-state index contributed by atoms with van der Waals surface area (Å²) in [6.07, 6.45) is 1.68. The van der Waals surface area contributed by atoms with Gasteiger partial charge in [0.2, 0.25) is 0 Å². The zero-order valence-electron chi connectivity index (χ0n) is 5.12. The molecule has 0 radical (unpaired) electrons. The van der Waals surface area contributed by atoms with Crippen molar-refractivity contribution in [3.63, 3.8) is 0 Å². The molecule has 1 aromatic rings. The van der Waals surface area contributed by atoms with Gasteiger partial charge in [0.1, 0.15) is 5.01 Å². The standard InChI is InChI=1S/C5H7BrN2OS/c6-4-1-8-5(10-4)3(7)2-9/h1,3,9H,2,7H2. The van der Waals surface area contributed by atoms with Crippen molar-refractivity contribution in [1.29, 1.82) is 0 Å². The molecule has 0 aliphatic heterocycles. The first-order valence-electron chi connectivity index (χ1n) is 2.71. The van der Waals surface area contributed by atoms with E-state index in [4.69, 9.17) is 10.8 Å². The highest BCUT2D eigenvalue weighted by molar-refractivity contribution is 9.11. The largest absolute Gasteiger partial charge is 0.394 e. The second-order valence-electron chi connectivity index (χ2n) is 1.79. The van der Waals surface area contributed by atoms with Crippen LogP contribution in [0.25, 0.3) is 0 Å². The average molecular weight is 223 g/mol. The number of thiazole rings is 1. The van der Waals surface area contributed by atoms with Crippen molar-refractivity contribution in [3.05, 3.63) is 15.0 Å². The van der Waals surface area contributed by atoms with Gasteiger partial charge in [-0.25, -0.2) is 4.98 Å². The van der Waals surface area contributed by atoms with Crippen molar-refractivity contribution in [2.75, 3.05) is 6.61 Å². The maximum absolute atomic E-state index is 8.62.